The normalized spacial score (nSPS) is 26.3. The quantitative estimate of drug-likeness (QED) is 0.674. The molecule has 140 valence electrons. The third kappa shape index (κ3) is 2.34. The number of imidazole rings is 1. The molecule has 2 aliphatic rings. The Bertz CT molecular complexity index is 1040. The molecule has 0 aliphatic carbocycles. The molecule has 0 bridgehead atoms. The highest BCUT2D eigenvalue weighted by molar-refractivity contribution is 5.72. The zero-order chi connectivity index (χ0) is 18.8. The Kier molecular flexibility index (Phi) is 3.44. The average Bonchev–Trinajstić information content (AvgIpc) is 3.10. The van der Waals surface area contributed by atoms with E-state index in [0.717, 1.165) is 42.0 Å². The molecule has 4 heterocycles. The van der Waals surface area contributed by atoms with Gasteiger partial charge in [0.05, 0.1) is 17.3 Å². The Balaban J connectivity index is 1.74. The van der Waals surface area contributed by atoms with Gasteiger partial charge in [-0.05, 0) is 56.5 Å². The first-order valence-electron chi connectivity index (χ1n) is 9.56. The number of benzene rings is 1. The third-order valence-electron chi connectivity index (χ3n) is 6.24. The van der Waals surface area contributed by atoms with Crippen LogP contribution in [0.2, 0.25) is 0 Å². The monoisotopic (exact) mass is 365 g/mol. The SMILES string of the molecule is CC1(C)Nc2cc(F)c(-c3cccc4nccn34)cc2C2(C)CCCOC12. The minimum atomic E-state index is -0.250. The van der Waals surface area contributed by atoms with Crippen molar-refractivity contribution in [2.24, 2.45) is 0 Å². The number of ether oxygens (including phenoxy) is 1. The summed E-state index contributed by atoms with van der Waals surface area (Å²) in [5.74, 6) is -0.225. The summed E-state index contributed by atoms with van der Waals surface area (Å²) in [6.07, 6.45) is 5.72. The van der Waals surface area contributed by atoms with Crippen LogP contribution in [-0.2, 0) is 10.2 Å². The van der Waals surface area contributed by atoms with Crippen LogP contribution in [0.3, 0.4) is 0 Å². The van der Waals surface area contributed by atoms with Crippen LogP contribution < -0.4 is 5.32 Å². The minimum absolute atomic E-state index is 0.0496. The fourth-order valence-electron chi connectivity index (χ4n) is 5.16. The van der Waals surface area contributed by atoms with Gasteiger partial charge in [-0.2, -0.15) is 0 Å². The molecule has 3 aromatic rings. The Morgan fingerprint density at radius 2 is 2.11 bits per heavy atom. The number of fused-ring (bicyclic) bond motifs is 4. The van der Waals surface area contributed by atoms with Crippen LogP contribution in [0.25, 0.3) is 16.9 Å². The summed E-state index contributed by atoms with van der Waals surface area (Å²) >= 11 is 0. The maximum absolute atomic E-state index is 15.2. The molecule has 1 aromatic carbocycles. The number of nitrogens with zero attached hydrogens (tertiary/aromatic N) is 2. The third-order valence-corrected chi connectivity index (χ3v) is 6.24. The molecule has 2 unspecified atom stereocenters. The topological polar surface area (TPSA) is 38.6 Å². The Labute approximate surface area is 158 Å². The molecule has 0 spiro atoms. The highest BCUT2D eigenvalue weighted by atomic mass is 19.1. The lowest BCUT2D eigenvalue weighted by atomic mass is 9.64. The van der Waals surface area contributed by atoms with Gasteiger partial charge in [-0.25, -0.2) is 9.37 Å². The Morgan fingerprint density at radius 3 is 2.96 bits per heavy atom. The van der Waals surface area contributed by atoms with Crippen molar-refractivity contribution in [3.63, 3.8) is 0 Å². The average molecular weight is 365 g/mol. The lowest BCUT2D eigenvalue weighted by Gasteiger charge is -2.54. The van der Waals surface area contributed by atoms with Crippen molar-refractivity contribution < 1.29 is 9.13 Å². The summed E-state index contributed by atoms with van der Waals surface area (Å²) in [7, 11) is 0. The first kappa shape index (κ1) is 16.8. The van der Waals surface area contributed by atoms with Gasteiger partial charge in [0, 0.05) is 35.7 Å². The lowest BCUT2D eigenvalue weighted by molar-refractivity contribution is -0.0720. The molecule has 1 saturated heterocycles. The van der Waals surface area contributed by atoms with Crippen LogP contribution in [-0.4, -0.2) is 27.6 Å². The molecule has 5 heteroatoms. The van der Waals surface area contributed by atoms with Crippen LogP contribution in [0.4, 0.5) is 10.1 Å². The highest BCUT2D eigenvalue weighted by Crippen LogP contribution is 2.50. The van der Waals surface area contributed by atoms with Crippen molar-refractivity contribution in [3.8, 4) is 11.3 Å². The molecule has 2 aromatic heterocycles. The number of nitrogens with one attached hydrogen (secondary N) is 1. The molecule has 0 radical (unpaired) electrons. The molecule has 2 atom stereocenters. The smallest absolute Gasteiger partial charge is 0.137 e. The molecule has 2 aliphatic heterocycles. The first-order valence-corrected chi connectivity index (χ1v) is 9.56. The molecule has 27 heavy (non-hydrogen) atoms. The zero-order valence-electron chi connectivity index (χ0n) is 15.9. The molecule has 1 N–H and O–H groups in total. The van der Waals surface area contributed by atoms with E-state index in [1.54, 1.807) is 12.3 Å². The molecular weight excluding hydrogens is 341 g/mol. The summed E-state index contributed by atoms with van der Waals surface area (Å²) < 4.78 is 23.3. The maximum atomic E-state index is 15.2. The van der Waals surface area contributed by atoms with E-state index in [4.69, 9.17) is 4.74 Å². The van der Waals surface area contributed by atoms with Gasteiger partial charge in [0.1, 0.15) is 11.5 Å². The number of anilines is 1. The fraction of sp³-hybridized carbons (Fsp3) is 0.409. The van der Waals surface area contributed by atoms with E-state index in [2.05, 4.69) is 31.1 Å². The predicted octanol–water partition coefficient (Wildman–Crippen LogP) is 4.78. The van der Waals surface area contributed by atoms with Crippen molar-refractivity contribution in [1.29, 1.82) is 0 Å². The summed E-state index contributed by atoms with van der Waals surface area (Å²) in [6.45, 7) is 7.32. The maximum Gasteiger partial charge on any atom is 0.137 e. The van der Waals surface area contributed by atoms with E-state index < -0.39 is 0 Å². The van der Waals surface area contributed by atoms with Crippen molar-refractivity contribution >= 4 is 11.3 Å². The van der Waals surface area contributed by atoms with Crippen LogP contribution in [0, 0.1) is 5.82 Å². The van der Waals surface area contributed by atoms with Crippen LogP contribution in [0.15, 0.2) is 42.7 Å². The van der Waals surface area contributed by atoms with E-state index in [0.29, 0.717) is 5.56 Å². The molecule has 0 saturated carbocycles. The number of rotatable bonds is 1. The van der Waals surface area contributed by atoms with Crippen LogP contribution in [0.5, 0.6) is 0 Å². The van der Waals surface area contributed by atoms with Crippen molar-refractivity contribution in [2.45, 2.75) is 50.7 Å². The van der Waals surface area contributed by atoms with Crippen LogP contribution in [0.1, 0.15) is 39.2 Å². The molecule has 4 nitrogen and oxygen atoms in total. The zero-order valence-corrected chi connectivity index (χ0v) is 15.9. The van der Waals surface area contributed by atoms with Gasteiger partial charge in [-0.15, -0.1) is 0 Å². The Hall–Kier alpha value is -2.40. The second-order valence-electron chi connectivity index (χ2n) is 8.56. The standard InChI is InChI=1S/C22H24FN3O/c1-21(2)20-22(3,8-5-11-27-20)15-12-14(16(23)13-17(15)25-21)18-6-4-7-19-24-9-10-26(18)19/h4,6-7,9-10,12-13,20,25H,5,8,11H2,1-3H3. The predicted molar refractivity (Wildman–Crippen MR) is 105 cm³/mol. The number of hydrogen-bond donors (Lipinski definition) is 1. The Morgan fingerprint density at radius 1 is 1.26 bits per heavy atom. The van der Waals surface area contributed by atoms with E-state index >= 15 is 4.39 Å². The van der Waals surface area contributed by atoms with Gasteiger partial charge in [0.2, 0.25) is 0 Å². The summed E-state index contributed by atoms with van der Waals surface area (Å²) in [5, 5.41) is 3.53. The van der Waals surface area contributed by atoms with E-state index in [1.165, 1.54) is 0 Å². The van der Waals surface area contributed by atoms with E-state index in [-0.39, 0.29) is 22.9 Å². The van der Waals surface area contributed by atoms with Gasteiger partial charge in [-0.3, -0.25) is 4.40 Å². The van der Waals surface area contributed by atoms with Gasteiger partial charge in [-0.1, -0.05) is 13.0 Å². The van der Waals surface area contributed by atoms with Gasteiger partial charge >= 0.3 is 0 Å². The second kappa shape index (κ2) is 5.55. The van der Waals surface area contributed by atoms with Gasteiger partial charge in [0.15, 0.2) is 0 Å². The lowest BCUT2D eigenvalue weighted by Crippen LogP contribution is -2.61. The number of aromatic nitrogens is 2. The first-order chi connectivity index (χ1) is 12.9. The van der Waals surface area contributed by atoms with E-state index in [9.17, 15) is 0 Å². The highest BCUT2D eigenvalue weighted by Gasteiger charge is 2.52. The molecule has 0 amide bonds. The van der Waals surface area contributed by atoms with E-state index in [1.807, 2.05) is 34.9 Å². The van der Waals surface area contributed by atoms with Gasteiger partial charge < -0.3 is 10.1 Å². The van der Waals surface area contributed by atoms with Crippen molar-refractivity contribution in [1.82, 2.24) is 9.38 Å². The van der Waals surface area contributed by atoms with Gasteiger partial charge in [0.25, 0.3) is 0 Å². The summed E-state index contributed by atoms with van der Waals surface area (Å²) in [6, 6.07) is 9.46. The molecule has 1 fully saturated rings. The fourth-order valence-corrected chi connectivity index (χ4v) is 5.16. The second-order valence-corrected chi connectivity index (χ2v) is 8.56. The van der Waals surface area contributed by atoms with Crippen LogP contribution >= 0.6 is 0 Å². The number of halogens is 1. The minimum Gasteiger partial charge on any atom is -0.377 e. The summed E-state index contributed by atoms with van der Waals surface area (Å²) in [4.78, 5) is 4.33. The molecule has 5 rings (SSSR count). The summed E-state index contributed by atoms with van der Waals surface area (Å²) in [5.41, 5.74) is 3.85. The molecular formula is C22H24FN3O. The number of pyridine rings is 1. The number of hydrogen-bond acceptors (Lipinski definition) is 3. The largest absolute Gasteiger partial charge is 0.377 e. The van der Waals surface area contributed by atoms with Crippen molar-refractivity contribution in [2.75, 3.05) is 11.9 Å². The van der Waals surface area contributed by atoms with Crippen molar-refractivity contribution in [3.05, 3.63) is 54.1 Å².